The number of benzene rings is 1. The molecular weight excluding hydrogens is 346 g/mol. The lowest BCUT2D eigenvalue weighted by Crippen LogP contribution is -2.62. The number of aliphatic carboxylic acids is 1. The van der Waals surface area contributed by atoms with Gasteiger partial charge in [0, 0.05) is 0 Å². The molecule has 27 heavy (non-hydrogen) atoms. The van der Waals surface area contributed by atoms with E-state index < -0.39 is 23.5 Å². The molecule has 7 nitrogen and oxygen atoms in total. The van der Waals surface area contributed by atoms with Crippen LogP contribution in [0.1, 0.15) is 50.1 Å². The minimum absolute atomic E-state index is 0.233. The van der Waals surface area contributed by atoms with E-state index in [1.54, 1.807) is 36.5 Å². The van der Waals surface area contributed by atoms with Gasteiger partial charge in [-0.3, -0.25) is 9.59 Å². The number of carbonyl (C=O) groups excluding carboxylic acids is 2. The maximum atomic E-state index is 13.1. The maximum Gasteiger partial charge on any atom is 0.330 e. The molecular formula is C20H25N3O4. The normalized spacial score (nSPS) is 21.7. The van der Waals surface area contributed by atoms with Gasteiger partial charge in [0.2, 0.25) is 11.8 Å². The summed E-state index contributed by atoms with van der Waals surface area (Å²) < 4.78 is 0. The van der Waals surface area contributed by atoms with E-state index in [2.05, 4.69) is 16.0 Å². The van der Waals surface area contributed by atoms with Gasteiger partial charge < -0.3 is 21.1 Å². The van der Waals surface area contributed by atoms with Crippen LogP contribution < -0.4 is 16.0 Å². The molecule has 1 heterocycles. The van der Waals surface area contributed by atoms with Crippen LogP contribution in [0.5, 0.6) is 0 Å². The van der Waals surface area contributed by atoms with E-state index in [9.17, 15) is 19.5 Å². The Labute approximate surface area is 158 Å². The van der Waals surface area contributed by atoms with Gasteiger partial charge in [0.05, 0.1) is 0 Å². The third-order valence-corrected chi connectivity index (χ3v) is 5.26. The summed E-state index contributed by atoms with van der Waals surface area (Å²) >= 11 is 0. The lowest BCUT2D eigenvalue weighted by Gasteiger charge is -2.38. The quantitative estimate of drug-likeness (QED) is 0.608. The molecule has 2 amide bonds. The molecule has 0 bridgehead atoms. The molecule has 4 N–H and O–H groups in total. The van der Waals surface area contributed by atoms with E-state index in [1.165, 1.54) is 0 Å². The molecule has 1 fully saturated rings. The van der Waals surface area contributed by atoms with Gasteiger partial charge in [0.1, 0.15) is 11.6 Å². The second kappa shape index (κ2) is 8.24. The van der Waals surface area contributed by atoms with E-state index in [1.807, 2.05) is 6.08 Å². The van der Waals surface area contributed by atoms with Crippen LogP contribution in [0.15, 0.2) is 42.6 Å². The molecule has 0 spiro atoms. The van der Waals surface area contributed by atoms with Gasteiger partial charge in [-0.05, 0) is 31.0 Å². The van der Waals surface area contributed by atoms with Crippen molar-refractivity contribution in [3.05, 3.63) is 48.2 Å². The molecule has 1 aliphatic heterocycles. The second-order valence-corrected chi connectivity index (χ2v) is 7.14. The number of hydrogen-bond acceptors (Lipinski definition) is 4. The fourth-order valence-corrected chi connectivity index (χ4v) is 3.73. The second-order valence-electron chi connectivity index (χ2n) is 7.14. The smallest absolute Gasteiger partial charge is 0.330 e. The molecule has 1 aliphatic carbocycles. The minimum atomic E-state index is -1.15. The number of rotatable bonds is 6. The standard InChI is InChI=1S/C20H25N3O4/c24-17(15-10-7-13-21-15)23-20(11-5-2-6-12-20)19(27)22-16(18(25)26)14-8-3-1-4-9-14/h1,3-4,7-9,13,15-16,21H,2,5-6,10-12H2,(H,22,27)(H,23,24)(H,25,26)/t15?,16-/m0/s1. The Morgan fingerprint density at radius 3 is 2.41 bits per heavy atom. The topological polar surface area (TPSA) is 108 Å². The number of carbonyl (C=O) groups is 3. The summed E-state index contributed by atoms with van der Waals surface area (Å²) in [6.07, 6.45) is 7.81. The van der Waals surface area contributed by atoms with Crippen LogP contribution in [0.25, 0.3) is 0 Å². The van der Waals surface area contributed by atoms with Crippen molar-refractivity contribution in [1.29, 1.82) is 0 Å². The summed E-state index contributed by atoms with van der Waals surface area (Å²) in [6, 6.07) is 7.04. The Bertz CT molecular complexity index is 718. The molecule has 144 valence electrons. The van der Waals surface area contributed by atoms with Crippen LogP contribution >= 0.6 is 0 Å². The molecule has 1 aromatic rings. The van der Waals surface area contributed by atoms with Crippen molar-refractivity contribution in [2.45, 2.75) is 56.1 Å². The van der Waals surface area contributed by atoms with Gasteiger partial charge in [-0.25, -0.2) is 4.79 Å². The summed E-state index contributed by atoms with van der Waals surface area (Å²) in [5.41, 5.74) is -0.570. The molecule has 1 aromatic carbocycles. The first-order valence-electron chi connectivity index (χ1n) is 9.34. The molecule has 2 atom stereocenters. The highest BCUT2D eigenvalue weighted by molar-refractivity contribution is 5.95. The molecule has 3 rings (SSSR count). The first-order chi connectivity index (χ1) is 13.0. The van der Waals surface area contributed by atoms with Crippen LogP contribution in [0.4, 0.5) is 0 Å². The van der Waals surface area contributed by atoms with Crippen molar-refractivity contribution in [2.75, 3.05) is 0 Å². The van der Waals surface area contributed by atoms with Crippen LogP contribution in [0.3, 0.4) is 0 Å². The largest absolute Gasteiger partial charge is 0.479 e. The predicted molar refractivity (Wildman–Crippen MR) is 99.6 cm³/mol. The molecule has 2 aliphatic rings. The van der Waals surface area contributed by atoms with Gasteiger partial charge in [0.15, 0.2) is 6.04 Å². The Morgan fingerprint density at radius 1 is 1.11 bits per heavy atom. The van der Waals surface area contributed by atoms with Gasteiger partial charge in [-0.1, -0.05) is 55.7 Å². The SMILES string of the molecule is O=C(NC1(C(=O)N[C@H](C(=O)O)c2ccccc2)CCCCC1)C1CC=CN1. The number of carboxylic acids is 1. The molecule has 1 unspecified atom stereocenters. The van der Waals surface area contributed by atoms with Gasteiger partial charge in [-0.2, -0.15) is 0 Å². The van der Waals surface area contributed by atoms with E-state index in [0.717, 1.165) is 19.3 Å². The zero-order valence-electron chi connectivity index (χ0n) is 15.1. The maximum absolute atomic E-state index is 13.1. The predicted octanol–water partition coefficient (Wildman–Crippen LogP) is 1.62. The summed E-state index contributed by atoms with van der Waals surface area (Å²) in [7, 11) is 0. The van der Waals surface area contributed by atoms with Crippen LogP contribution in [-0.2, 0) is 14.4 Å². The van der Waals surface area contributed by atoms with Crippen molar-refractivity contribution < 1.29 is 19.5 Å². The van der Waals surface area contributed by atoms with Crippen LogP contribution in [0.2, 0.25) is 0 Å². The van der Waals surface area contributed by atoms with Crippen LogP contribution in [0, 0.1) is 0 Å². The average Bonchev–Trinajstić information content (AvgIpc) is 3.22. The van der Waals surface area contributed by atoms with Gasteiger partial charge in [0.25, 0.3) is 0 Å². The fraction of sp³-hybridized carbons (Fsp3) is 0.450. The van der Waals surface area contributed by atoms with Crippen molar-refractivity contribution in [3.63, 3.8) is 0 Å². The van der Waals surface area contributed by atoms with E-state index >= 15 is 0 Å². The third kappa shape index (κ3) is 4.30. The lowest BCUT2D eigenvalue weighted by molar-refractivity contribution is -0.144. The first kappa shape index (κ1) is 18.9. The summed E-state index contributed by atoms with van der Waals surface area (Å²) in [5.74, 6) is -1.80. The number of hydrogen-bond donors (Lipinski definition) is 4. The third-order valence-electron chi connectivity index (χ3n) is 5.26. The molecule has 0 saturated heterocycles. The Hall–Kier alpha value is -2.83. The molecule has 0 radical (unpaired) electrons. The van der Waals surface area contributed by atoms with Crippen molar-refractivity contribution >= 4 is 17.8 Å². The van der Waals surface area contributed by atoms with Gasteiger partial charge >= 0.3 is 5.97 Å². The summed E-state index contributed by atoms with van der Waals surface area (Å²) in [6.45, 7) is 0. The molecule has 1 saturated carbocycles. The zero-order valence-corrected chi connectivity index (χ0v) is 15.1. The zero-order chi connectivity index (χ0) is 19.3. The summed E-state index contributed by atoms with van der Waals surface area (Å²) in [4.78, 5) is 37.5. The number of amides is 2. The van der Waals surface area contributed by atoms with E-state index in [0.29, 0.717) is 24.8 Å². The Kier molecular flexibility index (Phi) is 5.78. The minimum Gasteiger partial charge on any atom is -0.479 e. The fourth-order valence-electron chi connectivity index (χ4n) is 3.73. The van der Waals surface area contributed by atoms with E-state index in [-0.39, 0.29) is 11.9 Å². The Morgan fingerprint density at radius 2 is 1.81 bits per heavy atom. The molecule has 0 aromatic heterocycles. The highest BCUT2D eigenvalue weighted by atomic mass is 16.4. The first-order valence-corrected chi connectivity index (χ1v) is 9.34. The highest BCUT2D eigenvalue weighted by Crippen LogP contribution is 2.30. The lowest BCUT2D eigenvalue weighted by atomic mass is 9.80. The highest BCUT2D eigenvalue weighted by Gasteiger charge is 2.43. The Balaban J connectivity index is 1.78. The van der Waals surface area contributed by atoms with Crippen molar-refractivity contribution in [3.8, 4) is 0 Å². The summed E-state index contributed by atoms with van der Waals surface area (Å²) in [5, 5.41) is 18.1. The van der Waals surface area contributed by atoms with Crippen molar-refractivity contribution in [1.82, 2.24) is 16.0 Å². The van der Waals surface area contributed by atoms with Crippen molar-refractivity contribution in [2.24, 2.45) is 0 Å². The van der Waals surface area contributed by atoms with Gasteiger partial charge in [-0.15, -0.1) is 0 Å². The molecule has 7 heteroatoms. The number of carboxylic acid groups (broad SMARTS) is 1. The average molecular weight is 371 g/mol. The number of nitrogens with one attached hydrogen (secondary N) is 3. The monoisotopic (exact) mass is 371 g/mol. The van der Waals surface area contributed by atoms with Crippen LogP contribution in [-0.4, -0.2) is 34.5 Å². The van der Waals surface area contributed by atoms with E-state index in [4.69, 9.17) is 0 Å².